The number of hydrogen-bond donors (Lipinski definition) is 1. The first-order chi connectivity index (χ1) is 9.17. The number of hydrogen-bond acceptors (Lipinski definition) is 4. The van der Waals surface area contributed by atoms with Crippen molar-refractivity contribution in [2.45, 2.75) is 35.9 Å². The van der Waals surface area contributed by atoms with E-state index in [0.29, 0.717) is 0 Å². The lowest BCUT2D eigenvalue weighted by Gasteiger charge is -2.08. The molecule has 0 saturated carbocycles. The van der Waals surface area contributed by atoms with Crippen molar-refractivity contribution in [3.05, 3.63) is 46.7 Å². The Bertz CT molecular complexity index is 530. The molecule has 5 heteroatoms. The minimum absolute atomic E-state index is 0.187. The van der Waals surface area contributed by atoms with Crippen LogP contribution in [0.15, 0.2) is 51.2 Å². The summed E-state index contributed by atoms with van der Waals surface area (Å²) < 4.78 is 1.06. The van der Waals surface area contributed by atoms with Crippen LogP contribution in [0.5, 0.6) is 0 Å². The average molecular weight is 338 g/mol. The first-order valence-corrected chi connectivity index (χ1v) is 7.78. The highest BCUT2D eigenvalue weighted by atomic mass is 79.9. The van der Waals surface area contributed by atoms with Gasteiger partial charge in [0.15, 0.2) is 5.16 Å². The lowest BCUT2D eigenvalue weighted by atomic mass is 10.1. The van der Waals surface area contributed by atoms with Gasteiger partial charge in [-0.25, -0.2) is 9.97 Å². The fourth-order valence-corrected chi connectivity index (χ4v) is 2.89. The molecule has 3 nitrogen and oxygen atoms in total. The summed E-state index contributed by atoms with van der Waals surface area (Å²) in [4.78, 5) is 9.86. The Morgan fingerprint density at radius 2 is 2.05 bits per heavy atom. The Balaban J connectivity index is 2.02. The molecule has 1 aromatic carbocycles. The fraction of sp³-hybridized carbons (Fsp3) is 0.286. The van der Waals surface area contributed by atoms with Gasteiger partial charge in [-0.2, -0.15) is 0 Å². The van der Waals surface area contributed by atoms with Gasteiger partial charge in [-0.3, -0.25) is 0 Å². The van der Waals surface area contributed by atoms with Gasteiger partial charge >= 0.3 is 0 Å². The van der Waals surface area contributed by atoms with Crippen LogP contribution in [0.2, 0.25) is 0 Å². The molecule has 2 aromatic rings. The number of benzene rings is 1. The van der Waals surface area contributed by atoms with E-state index >= 15 is 0 Å². The van der Waals surface area contributed by atoms with Gasteiger partial charge in [-0.05, 0) is 48.4 Å². The molecule has 0 radical (unpaired) electrons. The molecule has 2 N–H and O–H groups in total. The van der Waals surface area contributed by atoms with Crippen molar-refractivity contribution < 1.29 is 0 Å². The highest BCUT2D eigenvalue weighted by molar-refractivity contribution is 9.10. The molecule has 1 unspecified atom stereocenters. The van der Waals surface area contributed by atoms with Gasteiger partial charge in [-0.15, -0.1) is 0 Å². The molecule has 2 rings (SSSR count). The lowest BCUT2D eigenvalue weighted by Crippen LogP contribution is -2.21. The van der Waals surface area contributed by atoms with Crippen molar-refractivity contribution in [2.24, 2.45) is 5.73 Å². The van der Waals surface area contributed by atoms with Crippen molar-refractivity contribution in [3.63, 3.8) is 0 Å². The van der Waals surface area contributed by atoms with Crippen LogP contribution in [0.1, 0.15) is 18.9 Å². The van der Waals surface area contributed by atoms with Crippen molar-refractivity contribution >= 4 is 27.7 Å². The molecule has 19 heavy (non-hydrogen) atoms. The van der Waals surface area contributed by atoms with Crippen LogP contribution in [0, 0.1) is 0 Å². The Kier molecular flexibility index (Phi) is 5.36. The van der Waals surface area contributed by atoms with E-state index in [4.69, 9.17) is 5.73 Å². The summed E-state index contributed by atoms with van der Waals surface area (Å²) >= 11 is 5.01. The zero-order chi connectivity index (χ0) is 13.7. The topological polar surface area (TPSA) is 51.8 Å². The zero-order valence-corrected chi connectivity index (χ0v) is 13.1. The predicted molar refractivity (Wildman–Crippen MR) is 82.3 cm³/mol. The van der Waals surface area contributed by atoms with Crippen LogP contribution in [0.3, 0.4) is 0 Å². The van der Waals surface area contributed by atoms with Crippen LogP contribution >= 0.6 is 27.7 Å². The van der Waals surface area contributed by atoms with Crippen molar-refractivity contribution in [1.29, 1.82) is 0 Å². The van der Waals surface area contributed by atoms with Crippen LogP contribution in [0.4, 0.5) is 0 Å². The monoisotopic (exact) mass is 337 g/mol. The Labute approximate surface area is 126 Å². The second kappa shape index (κ2) is 7.03. The summed E-state index contributed by atoms with van der Waals surface area (Å²) in [5.41, 5.74) is 7.01. The van der Waals surface area contributed by atoms with Crippen LogP contribution in [-0.4, -0.2) is 16.0 Å². The highest BCUT2D eigenvalue weighted by Crippen LogP contribution is 2.26. The van der Waals surface area contributed by atoms with Crippen LogP contribution < -0.4 is 5.73 Å². The molecule has 1 aromatic heterocycles. The highest BCUT2D eigenvalue weighted by Gasteiger charge is 2.04. The predicted octanol–water partition coefficient (Wildman–Crippen LogP) is 3.67. The Hall–Kier alpha value is -0.910. The molecule has 0 saturated heterocycles. The van der Waals surface area contributed by atoms with Crippen molar-refractivity contribution in [1.82, 2.24) is 9.97 Å². The molecule has 1 heterocycles. The Morgan fingerprint density at radius 3 is 2.68 bits per heavy atom. The number of aromatic nitrogens is 2. The van der Waals surface area contributed by atoms with Gasteiger partial charge in [0.25, 0.3) is 0 Å². The maximum absolute atomic E-state index is 5.92. The molecular weight excluding hydrogens is 322 g/mol. The molecule has 0 fully saturated rings. The molecule has 0 bridgehead atoms. The van der Waals surface area contributed by atoms with Crippen molar-refractivity contribution in [3.8, 4) is 0 Å². The third kappa shape index (κ3) is 4.60. The van der Waals surface area contributed by atoms with Gasteiger partial charge in [0, 0.05) is 27.8 Å². The minimum atomic E-state index is 0.187. The van der Waals surface area contributed by atoms with Crippen LogP contribution in [-0.2, 0) is 6.42 Å². The zero-order valence-electron chi connectivity index (χ0n) is 10.7. The van der Waals surface area contributed by atoms with Gasteiger partial charge < -0.3 is 5.73 Å². The van der Waals surface area contributed by atoms with Crippen LogP contribution in [0.25, 0.3) is 0 Å². The van der Waals surface area contributed by atoms with E-state index in [1.807, 2.05) is 30.6 Å². The van der Waals surface area contributed by atoms with Gasteiger partial charge in [0.2, 0.25) is 0 Å². The first-order valence-electron chi connectivity index (χ1n) is 6.17. The van der Waals surface area contributed by atoms with Gasteiger partial charge in [-0.1, -0.05) is 28.9 Å². The summed E-state index contributed by atoms with van der Waals surface area (Å²) in [5.74, 6) is 0. The number of nitrogens with zero attached hydrogens (tertiary/aromatic N) is 2. The lowest BCUT2D eigenvalue weighted by molar-refractivity contribution is 0.641. The quantitative estimate of drug-likeness (QED) is 0.845. The maximum Gasteiger partial charge on any atom is 0.192 e. The first kappa shape index (κ1) is 14.5. The summed E-state index contributed by atoms with van der Waals surface area (Å²) in [6.45, 7) is 2.09. The molecule has 0 amide bonds. The SMILES string of the molecule is CCC(N)Cc1cnc(Sc2cccc(Br)c2)nc1. The van der Waals surface area contributed by atoms with Gasteiger partial charge in [0.1, 0.15) is 0 Å². The van der Waals surface area contributed by atoms with E-state index in [2.05, 4.69) is 38.9 Å². The smallest absolute Gasteiger partial charge is 0.192 e. The molecule has 0 spiro atoms. The number of nitrogens with two attached hydrogens (primary N) is 1. The fourth-order valence-electron chi connectivity index (χ4n) is 1.58. The summed E-state index contributed by atoms with van der Waals surface area (Å²) in [7, 11) is 0. The van der Waals surface area contributed by atoms with E-state index in [-0.39, 0.29) is 6.04 Å². The summed E-state index contributed by atoms with van der Waals surface area (Å²) in [6, 6.07) is 8.28. The molecule has 0 aliphatic rings. The van der Waals surface area contributed by atoms with E-state index in [1.54, 1.807) is 11.8 Å². The normalized spacial score (nSPS) is 12.4. The van der Waals surface area contributed by atoms with Crippen molar-refractivity contribution in [2.75, 3.05) is 0 Å². The Morgan fingerprint density at radius 1 is 1.32 bits per heavy atom. The maximum atomic E-state index is 5.92. The third-order valence-electron chi connectivity index (χ3n) is 2.71. The van der Waals surface area contributed by atoms with Gasteiger partial charge in [0.05, 0.1) is 0 Å². The summed E-state index contributed by atoms with van der Waals surface area (Å²) in [5, 5.41) is 0.756. The standard InChI is InChI=1S/C14H16BrN3S/c1-2-12(16)6-10-8-17-14(18-9-10)19-13-5-3-4-11(15)7-13/h3-5,7-9,12H,2,6,16H2,1H3. The number of halogens is 1. The third-order valence-corrected chi connectivity index (χ3v) is 4.09. The second-order valence-corrected chi connectivity index (χ2v) is 6.26. The number of rotatable bonds is 5. The van der Waals surface area contributed by atoms with E-state index < -0.39 is 0 Å². The minimum Gasteiger partial charge on any atom is -0.327 e. The molecule has 1 atom stereocenters. The molecule has 0 aliphatic heterocycles. The average Bonchev–Trinajstić information content (AvgIpc) is 2.41. The van der Waals surface area contributed by atoms with E-state index in [0.717, 1.165) is 32.9 Å². The molecule has 0 aliphatic carbocycles. The second-order valence-electron chi connectivity index (χ2n) is 4.31. The van der Waals surface area contributed by atoms with E-state index in [1.165, 1.54) is 0 Å². The summed E-state index contributed by atoms with van der Waals surface area (Å²) in [6.07, 6.45) is 5.53. The van der Waals surface area contributed by atoms with E-state index in [9.17, 15) is 0 Å². The molecular formula is C14H16BrN3S. The molecule has 100 valence electrons. The largest absolute Gasteiger partial charge is 0.327 e.